The number of hydrogen-bond donors (Lipinski definition) is 1. The number of nitrogens with zero attached hydrogens (tertiary/aromatic N) is 4. The summed E-state index contributed by atoms with van der Waals surface area (Å²) in [6.07, 6.45) is 2.41. The molecule has 0 aliphatic carbocycles. The van der Waals surface area contributed by atoms with Gasteiger partial charge >= 0.3 is 0 Å². The van der Waals surface area contributed by atoms with Crippen LogP contribution >= 0.6 is 11.3 Å². The van der Waals surface area contributed by atoms with Crippen LogP contribution in [0.3, 0.4) is 0 Å². The highest BCUT2D eigenvalue weighted by molar-refractivity contribution is 7.22. The SMILES string of the molecule is CC(C)Cn1nc(C(=O)Nc2ccc3nc(N4CCCC4)sc3c2)c2ccccc2c1=O. The molecule has 3 heterocycles. The van der Waals surface area contributed by atoms with E-state index in [0.29, 0.717) is 23.0 Å². The first-order valence-corrected chi connectivity index (χ1v) is 11.8. The Bertz CT molecular complexity index is 1370. The van der Waals surface area contributed by atoms with Gasteiger partial charge < -0.3 is 10.2 Å². The monoisotopic (exact) mass is 447 g/mol. The maximum absolute atomic E-state index is 13.2. The van der Waals surface area contributed by atoms with Crippen LogP contribution in [0.15, 0.2) is 47.3 Å². The van der Waals surface area contributed by atoms with Crippen LogP contribution in [0.25, 0.3) is 21.0 Å². The van der Waals surface area contributed by atoms with Crippen molar-refractivity contribution >= 4 is 49.1 Å². The molecule has 8 heteroatoms. The molecule has 0 atom stereocenters. The van der Waals surface area contributed by atoms with Gasteiger partial charge in [0.25, 0.3) is 11.5 Å². The zero-order chi connectivity index (χ0) is 22.2. The summed E-state index contributed by atoms with van der Waals surface area (Å²) >= 11 is 1.65. The molecule has 1 N–H and O–H groups in total. The van der Waals surface area contributed by atoms with Gasteiger partial charge in [0.1, 0.15) is 0 Å². The lowest BCUT2D eigenvalue weighted by Gasteiger charge is -2.12. The Hall–Kier alpha value is -3.26. The maximum atomic E-state index is 13.2. The van der Waals surface area contributed by atoms with Crippen LogP contribution in [0.1, 0.15) is 37.2 Å². The number of carbonyl (C=O) groups is 1. The fourth-order valence-electron chi connectivity index (χ4n) is 4.10. The van der Waals surface area contributed by atoms with Gasteiger partial charge in [0.15, 0.2) is 10.8 Å². The topological polar surface area (TPSA) is 80.1 Å². The highest BCUT2D eigenvalue weighted by Crippen LogP contribution is 2.32. The van der Waals surface area contributed by atoms with Crippen molar-refractivity contribution in [2.45, 2.75) is 33.2 Å². The molecule has 7 nitrogen and oxygen atoms in total. The number of thiazole rings is 1. The van der Waals surface area contributed by atoms with E-state index in [4.69, 9.17) is 4.98 Å². The van der Waals surface area contributed by atoms with E-state index in [9.17, 15) is 9.59 Å². The van der Waals surface area contributed by atoms with Crippen molar-refractivity contribution in [1.29, 1.82) is 0 Å². The van der Waals surface area contributed by atoms with E-state index in [0.717, 1.165) is 28.4 Å². The standard InChI is InChI=1S/C24H25N5O2S/c1-15(2)14-29-23(31)18-8-4-3-7-17(18)21(27-29)22(30)25-16-9-10-19-20(13-16)32-24(26-19)28-11-5-6-12-28/h3-4,7-10,13,15H,5-6,11-12,14H2,1-2H3,(H,25,30). The van der Waals surface area contributed by atoms with Crippen molar-refractivity contribution in [1.82, 2.24) is 14.8 Å². The summed E-state index contributed by atoms with van der Waals surface area (Å²) in [6.45, 7) is 6.59. The summed E-state index contributed by atoms with van der Waals surface area (Å²) in [5.41, 5.74) is 1.70. The molecule has 1 fully saturated rings. The second kappa shape index (κ2) is 8.35. The lowest BCUT2D eigenvalue weighted by molar-refractivity contribution is 0.102. The highest BCUT2D eigenvalue weighted by Gasteiger charge is 2.19. The van der Waals surface area contributed by atoms with Crippen molar-refractivity contribution in [3.8, 4) is 0 Å². The summed E-state index contributed by atoms with van der Waals surface area (Å²) in [7, 11) is 0. The van der Waals surface area contributed by atoms with E-state index < -0.39 is 0 Å². The summed E-state index contributed by atoms with van der Waals surface area (Å²) in [5.74, 6) is -0.0989. The fraction of sp³-hybridized carbons (Fsp3) is 0.333. The first-order chi connectivity index (χ1) is 15.5. The van der Waals surface area contributed by atoms with Crippen LogP contribution in [-0.2, 0) is 6.54 Å². The third-order valence-corrected chi connectivity index (χ3v) is 6.71. The number of rotatable bonds is 5. The Kier molecular flexibility index (Phi) is 5.38. The normalized spacial score (nSPS) is 14.0. The molecule has 5 rings (SSSR count). The summed E-state index contributed by atoms with van der Waals surface area (Å²) < 4.78 is 2.43. The van der Waals surface area contributed by atoms with Gasteiger partial charge in [0.2, 0.25) is 0 Å². The molecule has 2 aromatic carbocycles. The molecule has 1 amide bonds. The van der Waals surface area contributed by atoms with Gasteiger partial charge in [0.05, 0.1) is 15.6 Å². The van der Waals surface area contributed by atoms with Gasteiger partial charge in [0, 0.05) is 30.7 Å². The molecule has 0 saturated carbocycles. The largest absolute Gasteiger partial charge is 0.348 e. The predicted molar refractivity (Wildman–Crippen MR) is 130 cm³/mol. The van der Waals surface area contributed by atoms with Gasteiger partial charge in [-0.05, 0) is 43.0 Å². The van der Waals surface area contributed by atoms with Crippen LogP contribution in [-0.4, -0.2) is 33.8 Å². The number of nitrogens with one attached hydrogen (secondary N) is 1. The molecule has 164 valence electrons. The van der Waals surface area contributed by atoms with E-state index in [1.54, 1.807) is 29.5 Å². The summed E-state index contributed by atoms with van der Waals surface area (Å²) in [5, 5.41) is 9.50. The molecule has 1 aliphatic rings. The molecular weight excluding hydrogens is 422 g/mol. The van der Waals surface area contributed by atoms with Crippen molar-refractivity contribution < 1.29 is 4.79 Å². The Morgan fingerprint density at radius 2 is 1.88 bits per heavy atom. The second-order valence-corrected chi connectivity index (χ2v) is 9.61. The van der Waals surface area contributed by atoms with Gasteiger partial charge in [-0.1, -0.05) is 43.4 Å². The summed E-state index contributed by atoms with van der Waals surface area (Å²) in [6, 6.07) is 12.9. The van der Waals surface area contributed by atoms with E-state index >= 15 is 0 Å². The minimum atomic E-state index is -0.331. The molecule has 0 spiro atoms. The first kappa shape index (κ1) is 20.6. The third kappa shape index (κ3) is 3.86. The Labute approximate surface area is 189 Å². The average Bonchev–Trinajstić information content (AvgIpc) is 3.45. The number of benzene rings is 2. The number of fused-ring (bicyclic) bond motifs is 2. The average molecular weight is 448 g/mol. The molecule has 1 aliphatic heterocycles. The van der Waals surface area contributed by atoms with Crippen LogP contribution in [0, 0.1) is 5.92 Å². The number of aromatic nitrogens is 3. The molecule has 0 unspecified atom stereocenters. The smallest absolute Gasteiger partial charge is 0.276 e. The fourth-order valence-corrected chi connectivity index (χ4v) is 5.15. The molecule has 1 saturated heterocycles. The lowest BCUT2D eigenvalue weighted by atomic mass is 10.1. The molecule has 0 bridgehead atoms. The van der Waals surface area contributed by atoms with E-state index in [2.05, 4.69) is 15.3 Å². The minimum absolute atomic E-state index is 0.175. The zero-order valence-electron chi connectivity index (χ0n) is 18.2. The maximum Gasteiger partial charge on any atom is 0.276 e. The summed E-state index contributed by atoms with van der Waals surface area (Å²) in [4.78, 5) is 33.1. The van der Waals surface area contributed by atoms with Gasteiger partial charge in [-0.15, -0.1) is 0 Å². The molecule has 4 aromatic rings. The molecule has 2 aromatic heterocycles. The van der Waals surface area contributed by atoms with Gasteiger partial charge in [-0.25, -0.2) is 9.67 Å². The highest BCUT2D eigenvalue weighted by atomic mass is 32.1. The number of hydrogen-bond acceptors (Lipinski definition) is 6. The predicted octanol–water partition coefficient (Wildman–Crippen LogP) is 4.51. The van der Waals surface area contributed by atoms with Crippen molar-refractivity contribution in [2.75, 3.05) is 23.3 Å². The minimum Gasteiger partial charge on any atom is -0.348 e. The number of anilines is 2. The van der Waals surface area contributed by atoms with Crippen molar-refractivity contribution in [3.63, 3.8) is 0 Å². The van der Waals surface area contributed by atoms with E-state index in [1.165, 1.54) is 17.5 Å². The van der Waals surface area contributed by atoms with Crippen LogP contribution < -0.4 is 15.8 Å². The van der Waals surface area contributed by atoms with Crippen LogP contribution in [0.5, 0.6) is 0 Å². The second-order valence-electron chi connectivity index (χ2n) is 8.60. The van der Waals surface area contributed by atoms with Crippen molar-refractivity contribution in [3.05, 3.63) is 58.5 Å². The Morgan fingerprint density at radius 3 is 2.62 bits per heavy atom. The van der Waals surface area contributed by atoms with Crippen LogP contribution in [0.4, 0.5) is 10.8 Å². The molecule has 32 heavy (non-hydrogen) atoms. The third-order valence-electron chi connectivity index (χ3n) is 5.63. The van der Waals surface area contributed by atoms with Gasteiger partial charge in [-0.2, -0.15) is 5.10 Å². The number of carbonyl (C=O) groups excluding carboxylic acids is 1. The quantitative estimate of drug-likeness (QED) is 0.487. The lowest BCUT2D eigenvalue weighted by Crippen LogP contribution is -2.29. The molecule has 0 radical (unpaired) electrons. The first-order valence-electron chi connectivity index (χ1n) is 11.0. The van der Waals surface area contributed by atoms with E-state index in [1.807, 2.05) is 38.1 Å². The zero-order valence-corrected chi connectivity index (χ0v) is 19.0. The Balaban J connectivity index is 1.48. The van der Waals surface area contributed by atoms with Gasteiger partial charge in [-0.3, -0.25) is 9.59 Å². The van der Waals surface area contributed by atoms with E-state index in [-0.39, 0.29) is 23.1 Å². The van der Waals surface area contributed by atoms with Crippen molar-refractivity contribution in [2.24, 2.45) is 5.92 Å². The van der Waals surface area contributed by atoms with Crippen LogP contribution in [0.2, 0.25) is 0 Å². The molecular formula is C24H25N5O2S. The Morgan fingerprint density at radius 1 is 1.12 bits per heavy atom. The number of amides is 1.